The zero-order valence-corrected chi connectivity index (χ0v) is 25.5. The first-order chi connectivity index (χ1) is 19.7. The van der Waals surface area contributed by atoms with Crippen LogP contribution in [0.1, 0.15) is 59.1 Å². The van der Waals surface area contributed by atoms with Crippen LogP contribution in [-0.2, 0) is 19.9 Å². The second-order valence-corrected chi connectivity index (χ2v) is 12.4. The highest BCUT2D eigenvalue weighted by molar-refractivity contribution is 7.12. The molecule has 0 unspecified atom stereocenters. The van der Waals surface area contributed by atoms with Crippen molar-refractivity contribution in [3.8, 4) is 0 Å². The lowest BCUT2D eigenvalue weighted by Gasteiger charge is -2.51. The number of rotatable bonds is 9. The molecule has 1 aromatic carbocycles. The molecular formula is C31H40N2O6S2. The number of amides is 1. The van der Waals surface area contributed by atoms with Crippen molar-refractivity contribution >= 4 is 47.0 Å². The third kappa shape index (κ3) is 8.56. The Labute approximate surface area is 250 Å². The Morgan fingerprint density at radius 1 is 1.10 bits per heavy atom. The molecule has 3 aromatic rings. The predicted octanol–water partition coefficient (Wildman–Crippen LogP) is 5.51. The van der Waals surface area contributed by atoms with E-state index >= 15 is 0 Å². The highest BCUT2D eigenvalue weighted by Crippen LogP contribution is 2.50. The minimum Gasteiger partial charge on any atom is -0.478 e. The van der Waals surface area contributed by atoms with Crippen molar-refractivity contribution in [1.82, 2.24) is 4.90 Å². The van der Waals surface area contributed by atoms with Gasteiger partial charge in [-0.3, -0.25) is 9.59 Å². The fourth-order valence-electron chi connectivity index (χ4n) is 5.20. The summed E-state index contributed by atoms with van der Waals surface area (Å²) in [5.74, 6) is -0.999. The van der Waals surface area contributed by atoms with Crippen LogP contribution in [0.4, 0.5) is 5.69 Å². The monoisotopic (exact) mass is 600 g/mol. The van der Waals surface area contributed by atoms with Gasteiger partial charge in [0.05, 0.1) is 11.7 Å². The first kappa shape index (κ1) is 32.6. The van der Waals surface area contributed by atoms with Crippen LogP contribution in [0.15, 0.2) is 59.3 Å². The van der Waals surface area contributed by atoms with Gasteiger partial charge in [0.15, 0.2) is 11.9 Å². The number of carboxylic acid groups (broad SMARTS) is 1. The maximum absolute atomic E-state index is 11.0. The topological polar surface area (TPSA) is 107 Å². The zero-order chi connectivity index (χ0) is 29.9. The van der Waals surface area contributed by atoms with E-state index in [0.717, 1.165) is 0 Å². The molecule has 1 saturated carbocycles. The van der Waals surface area contributed by atoms with Crippen molar-refractivity contribution in [2.45, 2.75) is 50.7 Å². The zero-order valence-electron chi connectivity index (χ0n) is 23.9. The number of nitrogens with zero attached hydrogens (tertiary/aromatic N) is 2. The number of likely N-dealkylation sites (tertiary alicyclic amines) is 1. The number of carbonyl (C=O) groups is 3. The standard InChI is InChI=1S/C12H23NO.C10H8O2S2.C9H9NO3/c1-3-6-13-7-4-12(5-8-13)9-11(10-12)14-2;11-7-10(12,8-3-1-5-13-8)9-4-2-6-14-9;1-10(6-11)8-4-2-3-7(5-8)9(12)13/h11H,3-10H2,1-2H3;1-7,12H;2-6H,1H3,(H,12,13). The molecule has 1 saturated heterocycles. The lowest BCUT2D eigenvalue weighted by molar-refractivity contribution is -0.120. The molecule has 1 aliphatic carbocycles. The number of hydrogen-bond donors (Lipinski definition) is 2. The van der Waals surface area contributed by atoms with Gasteiger partial charge >= 0.3 is 5.97 Å². The molecule has 2 N–H and O–H groups in total. The van der Waals surface area contributed by atoms with Gasteiger partial charge in [-0.2, -0.15) is 0 Å². The van der Waals surface area contributed by atoms with E-state index in [0.29, 0.717) is 39.7 Å². The van der Waals surface area contributed by atoms with Crippen LogP contribution in [0.3, 0.4) is 0 Å². The molecule has 1 amide bonds. The Morgan fingerprint density at radius 2 is 1.71 bits per heavy atom. The molecule has 1 spiro atoms. The molecule has 2 fully saturated rings. The molecule has 0 bridgehead atoms. The average Bonchev–Trinajstić information content (AvgIpc) is 3.73. The van der Waals surface area contributed by atoms with Crippen LogP contribution in [-0.4, -0.2) is 73.7 Å². The van der Waals surface area contributed by atoms with E-state index in [1.165, 1.54) is 91.4 Å². The van der Waals surface area contributed by atoms with Gasteiger partial charge < -0.3 is 24.7 Å². The molecule has 41 heavy (non-hydrogen) atoms. The van der Waals surface area contributed by atoms with Crippen molar-refractivity contribution in [3.63, 3.8) is 0 Å². The largest absolute Gasteiger partial charge is 0.478 e. The lowest BCUT2D eigenvalue weighted by Crippen LogP contribution is -2.49. The summed E-state index contributed by atoms with van der Waals surface area (Å²) in [4.78, 5) is 37.2. The van der Waals surface area contributed by atoms with E-state index in [1.54, 1.807) is 31.3 Å². The van der Waals surface area contributed by atoms with E-state index in [9.17, 15) is 19.5 Å². The fourth-order valence-corrected chi connectivity index (χ4v) is 6.86. The highest BCUT2D eigenvalue weighted by Gasteiger charge is 2.45. The van der Waals surface area contributed by atoms with Crippen molar-refractivity contribution in [2.24, 2.45) is 5.41 Å². The van der Waals surface area contributed by atoms with Crippen LogP contribution >= 0.6 is 22.7 Å². The molecule has 8 nitrogen and oxygen atoms in total. The minimum absolute atomic E-state index is 0.172. The molecule has 0 atom stereocenters. The second-order valence-electron chi connectivity index (χ2n) is 10.5. The second kappa shape index (κ2) is 15.4. The molecular weight excluding hydrogens is 560 g/mol. The Balaban J connectivity index is 0.000000169. The van der Waals surface area contributed by atoms with Gasteiger partial charge in [-0.25, -0.2) is 4.79 Å². The van der Waals surface area contributed by atoms with Crippen LogP contribution < -0.4 is 4.90 Å². The number of carboxylic acids is 1. The highest BCUT2D eigenvalue weighted by atomic mass is 32.1. The number of aldehydes is 1. The molecule has 10 heteroatoms. The first-order valence-corrected chi connectivity index (χ1v) is 15.5. The average molecular weight is 601 g/mol. The Bertz CT molecular complexity index is 1180. The van der Waals surface area contributed by atoms with Crippen molar-refractivity contribution in [2.75, 3.05) is 38.7 Å². The number of thiophene rings is 2. The Kier molecular flexibility index (Phi) is 12.2. The number of aliphatic hydroxyl groups is 1. The molecule has 3 heterocycles. The van der Waals surface area contributed by atoms with Crippen molar-refractivity contribution in [1.29, 1.82) is 0 Å². The van der Waals surface area contributed by atoms with Crippen molar-refractivity contribution < 1.29 is 29.3 Å². The molecule has 0 radical (unpaired) electrons. The van der Waals surface area contributed by atoms with Gasteiger partial charge in [0.25, 0.3) is 0 Å². The summed E-state index contributed by atoms with van der Waals surface area (Å²) in [5.41, 5.74) is -0.0335. The van der Waals surface area contributed by atoms with Crippen LogP contribution in [0.2, 0.25) is 0 Å². The van der Waals surface area contributed by atoms with Gasteiger partial charge in [-0.1, -0.05) is 25.1 Å². The summed E-state index contributed by atoms with van der Waals surface area (Å²) in [7, 11) is 3.41. The van der Waals surface area contributed by atoms with Gasteiger partial charge in [0.1, 0.15) is 0 Å². The number of methoxy groups -OCH3 is 1. The predicted molar refractivity (Wildman–Crippen MR) is 164 cm³/mol. The molecule has 2 aromatic heterocycles. The Morgan fingerprint density at radius 3 is 2.15 bits per heavy atom. The molecule has 1 aliphatic heterocycles. The SMILES string of the molecule is CCCN1CCC2(CC1)CC(OC)C2.CN(C=O)c1cccc(C(=O)O)c1.O=CC(O)(c1cccs1)c1cccs1. The molecule has 5 rings (SSSR count). The Hall–Kier alpha value is -2.89. The maximum Gasteiger partial charge on any atom is 0.335 e. The summed E-state index contributed by atoms with van der Waals surface area (Å²) >= 11 is 2.76. The van der Waals surface area contributed by atoms with Gasteiger partial charge in [-0.15, -0.1) is 22.7 Å². The van der Waals surface area contributed by atoms with Crippen LogP contribution in [0.25, 0.3) is 0 Å². The summed E-state index contributed by atoms with van der Waals surface area (Å²) in [5, 5.41) is 22.5. The number of piperidine rings is 1. The summed E-state index contributed by atoms with van der Waals surface area (Å²) in [6.07, 6.45) is 8.55. The van der Waals surface area contributed by atoms with E-state index in [4.69, 9.17) is 9.84 Å². The normalized spacial score (nSPS) is 16.4. The van der Waals surface area contributed by atoms with Gasteiger partial charge in [0.2, 0.25) is 6.41 Å². The fraction of sp³-hybridized carbons (Fsp3) is 0.452. The number of benzene rings is 1. The van der Waals surface area contributed by atoms with E-state index in [1.807, 2.05) is 30.0 Å². The molecule has 2 aliphatic rings. The first-order valence-electron chi connectivity index (χ1n) is 13.7. The van der Waals surface area contributed by atoms with Crippen LogP contribution in [0, 0.1) is 5.41 Å². The number of ether oxygens (including phenoxy) is 1. The quantitative estimate of drug-likeness (QED) is 0.312. The van der Waals surface area contributed by atoms with Crippen LogP contribution in [0.5, 0.6) is 0 Å². The van der Waals surface area contributed by atoms with Gasteiger partial charge in [-0.05, 0) is 98.2 Å². The van der Waals surface area contributed by atoms with E-state index < -0.39 is 11.6 Å². The molecule has 222 valence electrons. The van der Waals surface area contributed by atoms with Gasteiger partial charge in [0, 0.05) is 29.6 Å². The lowest BCUT2D eigenvalue weighted by atomic mass is 9.61. The minimum atomic E-state index is -1.46. The van der Waals surface area contributed by atoms with E-state index in [2.05, 4.69) is 11.8 Å². The number of carbonyl (C=O) groups excluding carboxylic acids is 2. The summed E-state index contributed by atoms with van der Waals surface area (Å²) in [6, 6.07) is 13.3. The van der Waals surface area contributed by atoms with E-state index in [-0.39, 0.29) is 5.56 Å². The smallest absolute Gasteiger partial charge is 0.335 e. The third-order valence-electron chi connectivity index (χ3n) is 7.73. The van der Waals surface area contributed by atoms with Crippen molar-refractivity contribution in [3.05, 3.63) is 74.6 Å². The summed E-state index contributed by atoms with van der Waals surface area (Å²) in [6.45, 7) is 6.22. The maximum atomic E-state index is 11.0. The summed E-state index contributed by atoms with van der Waals surface area (Å²) < 4.78 is 5.37. The number of anilines is 1. The number of aromatic carboxylic acids is 1. The number of hydrogen-bond acceptors (Lipinski definition) is 8. The third-order valence-corrected chi connectivity index (χ3v) is 9.72.